The lowest BCUT2D eigenvalue weighted by atomic mass is 10.2. The number of carbonyl (C=O) groups is 1. The number of likely N-dealkylation sites (tertiary alicyclic amines) is 1. The van der Waals surface area contributed by atoms with Gasteiger partial charge in [-0.2, -0.15) is 0 Å². The average Bonchev–Trinajstić information content (AvgIpc) is 3.29. The lowest BCUT2D eigenvalue weighted by Crippen LogP contribution is -2.27. The Kier molecular flexibility index (Phi) is 5.07. The van der Waals surface area contributed by atoms with Crippen LogP contribution in [0.15, 0.2) is 59.0 Å². The zero-order valence-corrected chi connectivity index (χ0v) is 15.3. The molecule has 0 radical (unpaired) electrons. The lowest BCUT2D eigenvalue weighted by molar-refractivity contribution is -0.129. The predicted octanol–water partition coefficient (Wildman–Crippen LogP) is 4.17. The van der Waals surface area contributed by atoms with Crippen molar-refractivity contribution in [2.24, 2.45) is 0 Å². The standard InChI is InChI=1S/C20H18ClN3O3/c21-15-6-8-16(9-7-15)26-13-18-22-23-20(27-18)17-10-11-19(25)24(17)12-14-4-2-1-3-5-14/h1-9,17H,10-13H2/t17-/m1/s1. The Hall–Kier alpha value is -2.86. The van der Waals surface area contributed by atoms with E-state index in [-0.39, 0.29) is 18.6 Å². The summed E-state index contributed by atoms with van der Waals surface area (Å²) < 4.78 is 11.4. The summed E-state index contributed by atoms with van der Waals surface area (Å²) in [7, 11) is 0. The van der Waals surface area contributed by atoms with E-state index in [0.29, 0.717) is 41.9 Å². The quantitative estimate of drug-likeness (QED) is 0.639. The molecule has 0 N–H and O–H groups in total. The summed E-state index contributed by atoms with van der Waals surface area (Å²) >= 11 is 5.86. The number of benzene rings is 2. The highest BCUT2D eigenvalue weighted by Crippen LogP contribution is 2.33. The van der Waals surface area contributed by atoms with E-state index in [9.17, 15) is 4.79 Å². The van der Waals surface area contributed by atoms with E-state index in [4.69, 9.17) is 20.8 Å². The molecule has 2 aromatic carbocycles. The van der Waals surface area contributed by atoms with Crippen LogP contribution in [0.5, 0.6) is 5.75 Å². The molecule has 27 heavy (non-hydrogen) atoms. The molecule has 0 aliphatic carbocycles. The molecular formula is C20H18ClN3O3. The normalized spacial score (nSPS) is 16.7. The van der Waals surface area contributed by atoms with Crippen molar-refractivity contribution in [2.45, 2.75) is 32.0 Å². The molecule has 6 nitrogen and oxygen atoms in total. The van der Waals surface area contributed by atoms with Gasteiger partial charge in [-0.25, -0.2) is 0 Å². The number of aromatic nitrogens is 2. The van der Waals surface area contributed by atoms with Crippen LogP contribution in [0.25, 0.3) is 0 Å². The van der Waals surface area contributed by atoms with Crippen LogP contribution in [0.3, 0.4) is 0 Å². The molecule has 0 saturated carbocycles. The molecule has 2 heterocycles. The van der Waals surface area contributed by atoms with Crippen molar-refractivity contribution >= 4 is 17.5 Å². The molecule has 138 valence electrons. The van der Waals surface area contributed by atoms with Crippen molar-refractivity contribution in [2.75, 3.05) is 0 Å². The second-order valence-corrected chi connectivity index (χ2v) is 6.77. The fourth-order valence-corrected chi connectivity index (χ4v) is 3.23. The molecule has 1 aliphatic heterocycles. The fraction of sp³-hybridized carbons (Fsp3) is 0.250. The number of nitrogens with zero attached hydrogens (tertiary/aromatic N) is 3. The number of halogens is 1. The number of carbonyl (C=O) groups excluding carboxylic acids is 1. The average molecular weight is 384 g/mol. The van der Waals surface area contributed by atoms with Crippen LogP contribution < -0.4 is 4.74 Å². The van der Waals surface area contributed by atoms with Gasteiger partial charge < -0.3 is 14.1 Å². The fourth-order valence-electron chi connectivity index (χ4n) is 3.10. The highest BCUT2D eigenvalue weighted by atomic mass is 35.5. The summed E-state index contributed by atoms with van der Waals surface area (Å²) in [6.07, 6.45) is 1.15. The Labute approximate surface area is 161 Å². The molecule has 1 amide bonds. The monoisotopic (exact) mass is 383 g/mol. The van der Waals surface area contributed by atoms with Crippen molar-refractivity contribution in [1.29, 1.82) is 0 Å². The first kappa shape index (κ1) is 17.5. The molecular weight excluding hydrogens is 366 g/mol. The predicted molar refractivity (Wildman–Crippen MR) is 99.0 cm³/mol. The molecule has 1 atom stereocenters. The number of amides is 1. The third kappa shape index (κ3) is 4.11. The third-order valence-corrected chi connectivity index (χ3v) is 4.72. The molecule has 7 heteroatoms. The maximum absolute atomic E-state index is 12.3. The van der Waals surface area contributed by atoms with Crippen LogP contribution in [0, 0.1) is 0 Å². The van der Waals surface area contributed by atoms with Crippen LogP contribution in [0.2, 0.25) is 5.02 Å². The molecule has 4 rings (SSSR count). The summed E-state index contributed by atoms with van der Waals surface area (Å²) in [5.41, 5.74) is 1.07. The summed E-state index contributed by atoms with van der Waals surface area (Å²) in [6.45, 7) is 0.692. The van der Waals surface area contributed by atoms with Crippen molar-refractivity contribution in [1.82, 2.24) is 15.1 Å². The number of rotatable bonds is 6. The van der Waals surface area contributed by atoms with Crippen molar-refractivity contribution in [3.8, 4) is 5.75 Å². The van der Waals surface area contributed by atoms with Crippen LogP contribution in [-0.4, -0.2) is 21.0 Å². The molecule has 0 spiro atoms. The zero-order chi connectivity index (χ0) is 18.6. The Bertz CT molecular complexity index is 912. The molecule has 0 unspecified atom stereocenters. The van der Waals surface area contributed by atoms with Crippen molar-refractivity contribution < 1.29 is 13.9 Å². The summed E-state index contributed by atoms with van der Waals surface area (Å²) in [4.78, 5) is 14.1. The molecule has 3 aromatic rings. The van der Waals surface area contributed by atoms with Crippen molar-refractivity contribution in [3.63, 3.8) is 0 Å². The minimum absolute atomic E-state index is 0.0982. The van der Waals surface area contributed by atoms with Gasteiger partial charge in [0.05, 0.1) is 0 Å². The molecule has 1 aromatic heterocycles. The van der Waals surface area contributed by atoms with E-state index in [1.165, 1.54) is 0 Å². The number of hydrogen-bond donors (Lipinski definition) is 0. The number of hydrogen-bond acceptors (Lipinski definition) is 5. The second kappa shape index (κ2) is 7.80. The number of ether oxygens (including phenoxy) is 1. The maximum atomic E-state index is 12.3. The Morgan fingerprint density at radius 2 is 1.89 bits per heavy atom. The highest BCUT2D eigenvalue weighted by molar-refractivity contribution is 6.30. The first-order valence-corrected chi connectivity index (χ1v) is 9.11. The van der Waals surface area contributed by atoms with E-state index >= 15 is 0 Å². The van der Waals surface area contributed by atoms with Crippen molar-refractivity contribution in [3.05, 3.63) is 77.0 Å². The molecule has 1 fully saturated rings. The Morgan fingerprint density at radius 3 is 2.67 bits per heavy atom. The van der Waals surface area contributed by atoms with E-state index in [0.717, 1.165) is 5.56 Å². The largest absolute Gasteiger partial charge is 0.484 e. The van der Waals surface area contributed by atoms with E-state index in [2.05, 4.69) is 10.2 Å². The van der Waals surface area contributed by atoms with E-state index in [1.54, 1.807) is 29.2 Å². The molecule has 1 saturated heterocycles. The Morgan fingerprint density at radius 1 is 1.11 bits per heavy atom. The SMILES string of the molecule is O=C1CC[C@H](c2nnc(COc3ccc(Cl)cc3)o2)N1Cc1ccccc1. The summed E-state index contributed by atoms with van der Waals surface area (Å²) in [5, 5.41) is 8.84. The minimum atomic E-state index is -0.200. The van der Waals surface area contributed by atoms with Gasteiger partial charge in [0.2, 0.25) is 11.8 Å². The van der Waals surface area contributed by atoms with E-state index in [1.807, 2.05) is 30.3 Å². The van der Waals surface area contributed by atoms with Crippen LogP contribution >= 0.6 is 11.6 Å². The van der Waals surface area contributed by atoms with Gasteiger partial charge in [-0.3, -0.25) is 4.79 Å². The van der Waals surface area contributed by atoms with Gasteiger partial charge >= 0.3 is 0 Å². The van der Waals surface area contributed by atoms with Crippen LogP contribution in [0.4, 0.5) is 0 Å². The van der Waals surface area contributed by atoms with Gasteiger partial charge in [-0.1, -0.05) is 41.9 Å². The van der Waals surface area contributed by atoms with Gasteiger partial charge in [0.1, 0.15) is 11.8 Å². The van der Waals surface area contributed by atoms with Crippen LogP contribution in [-0.2, 0) is 17.9 Å². The Balaban J connectivity index is 1.43. The molecule has 1 aliphatic rings. The first-order valence-electron chi connectivity index (χ1n) is 8.73. The topological polar surface area (TPSA) is 68.5 Å². The summed E-state index contributed by atoms with van der Waals surface area (Å²) in [5.74, 6) is 1.59. The van der Waals surface area contributed by atoms with Crippen LogP contribution in [0.1, 0.15) is 36.2 Å². The second-order valence-electron chi connectivity index (χ2n) is 6.34. The first-order chi connectivity index (χ1) is 13.2. The smallest absolute Gasteiger partial charge is 0.253 e. The lowest BCUT2D eigenvalue weighted by Gasteiger charge is -2.22. The molecule has 0 bridgehead atoms. The van der Waals surface area contributed by atoms with Gasteiger partial charge in [-0.15, -0.1) is 10.2 Å². The summed E-state index contributed by atoms with van der Waals surface area (Å²) in [6, 6.07) is 16.7. The van der Waals surface area contributed by atoms with Gasteiger partial charge in [0, 0.05) is 18.0 Å². The third-order valence-electron chi connectivity index (χ3n) is 4.47. The maximum Gasteiger partial charge on any atom is 0.253 e. The van der Waals surface area contributed by atoms with Gasteiger partial charge in [-0.05, 0) is 36.2 Å². The van der Waals surface area contributed by atoms with Gasteiger partial charge in [0.15, 0.2) is 6.61 Å². The highest BCUT2D eigenvalue weighted by Gasteiger charge is 2.35. The zero-order valence-electron chi connectivity index (χ0n) is 14.5. The minimum Gasteiger partial charge on any atom is -0.484 e. The van der Waals surface area contributed by atoms with E-state index < -0.39 is 0 Å². The van der Waals surface area contributed by atoms with Gasteiger partial charge in [0.25, 0.3) is 5.89 Å².